The Labute approximate surface area is 206 Å². The maximum Gasteiger partial charge on any atom is 0.573 e. The van der Waals surface area contributed by atoms with Crippen LogP contribution in [-0.4, -0.2) is 45.5 Å². The summed E-state index contributed by atoms with van der Waals surface area (Å²) in [6.45, 7) is 3.80. The Hall–Kier alpha value is -4.16. The Morgan fingerprint density at radius 3 is 2.24 bits per heavy atom. The largest absolute Gasteiger partial charge is 0.573 e. The number of hydrogen-bond donors (Lipinski definition) is 3. The van der Waals surface area contributed by atoms with Gasteiger partial charge in [0.15, 0.2) is 17.4 Å². The zero-order valence-electron chi connectivity index (χ0n) is 19.6. The van der Waals surface area contributed by atoms with Crippen LogP contribution < -0.4 is 10.1 Å². The SMILES string of the molecule is Cc1c(C(C)C(=O)NCC(C)C(=O)O)c2c(F)c(O)c(F)cc2n1C(=O)c1ccc(OC(F)(F)F)cc1. The monoisotopic (exact) mass is 528 g/mol. The second-order valence-corrected chi connectivity index (χ2v) is 8.33. The summed E-state index contributed by atoms with van der Waals surface area (Å²) >= 11 is 0. The summed E-state index contributed by atoms with van der Waals surface area (Å²) in [4.78, 5) is 37.1. The van der Waals surface area contributed by atoms with Crippen LogP contribution in [0.4, 0.5) is 22.0 Å². The number of aliphatic carboxylic acids is 1. The summed E-state index contributed by atoms with van der Waals surface area (Å²) in [5.41, 5.74) is -0.580. The van der Waals surface area contributed by atoms with Crippen molar-refractivity contribution in [2.24, 2.45) is 5.92 Å². The second kappa shape index (κ2) is 10.1. The highest BCUT2D eigenvalue weighted by molar-refractivity contribution is 6.06. The van der Waals surface area contributed by atoms with Crippen molar-refractivity contribution in [3.05, 3.63) is 58.8 Å². The summed E-state index contributed by atoms with van der Waals surface area (Å²) in [6, 6.07) is 4.50. The van der Waals surface area contributed by atoms with Crippen molar-refractivity contribution >= 4 is 28.7 Å². The van der Waals surface area contributed by atoms with Gasteiger partial charge in [0, 0.05) is 29.3 Å². The number of carbonyl (C=O) groups excluding carboxylic acids is 2. The maximum absolute atomic E-state index is 15.1. The first kappa shape index (κ1) is 27.4. The van der Waals surface area contributed by atoms with Gasteiger partial charge in [0.05, 0.1) is 17.4 Å². The number of nitrogens with one attached hydrogen (secondary N) is 1. The topological polar surface area (TPSA) is 118 Å². The molecule has 2 atom stereocenters. The molecule has 2 aromatic carbocycles. The molecule has 0 saturated carbocycles. The van der Waals surface area contributed by atoms with Crippen LogP contribution in [0.1, 0.15) is 41.4 Å². The molecule has 13 heteroatoms. The Kier molecular flexibility index (Phi) is 7.46. The average Bonchev–Trinajstić information content (AvgIpc) is 3.10. The molecule has 1 amide bonds. The predicted molar refractivity (Wildman–Crippen MR) is 119 cm³/mol. The molecule has 0 aliphatic rings. The first-order valence-corrected chi connectivity index (χ1v) is 10.8. The summed E-state index contributed by atoms with van der Waals surface area (Å²) in [7, 11) is 0. The number of alkyl halides is 3. The number of aromatic hydroxyl groups is 1. The minimum absolute atomic E-state index is 0.00606. The highest BCUT2D eigenvalue weighted by Crippen LogP contribution is 2.38. The minimum Gasteiger partial charge on any atom is -0.503 e. The molecule has 3 N–H and O–H groups in total. The lowest BCUT2D eigenvalue weighted by atomic mass is 9.96. The van der Waals surface area contributed by atoms with E-state index in [-0.39, 0.29) is 28.9 Å². The van der Waals surface area contributed by atoms with Crippen LogP contribution in [0.5, 0.6) is 11.5 Å². The molecule has 0 aliphatic carbocycles. The van der Waals surface area contributed by atoms with E-state index in [2.05, 4.69) is 10.1 Å². The van der Waals surface area contributed by atoms with Gasteiger partial charge in [-0.3, -0.25) is 19.0 Å². The van der Waals surface area contributed by atoms with E-state index in [9.17, 15) is 37.1 Å². The van der Waals surface area contributed by atoms with Gasteiger partial charge in [-0.15, -0.1) is 13.2 Å². The summed E-state index contributed by atoms with van der Waals surface area (Å²) in [5.74, 6) is -9.62. The molecule has 37 heavy (non-hydrogen) atoms. The van der Waals surface area contributed by atoms with Gasteiger partial charge >= 0.3 is 12.3 Å². The highest BCUT2D eigenvalue weighted by atomic mass is 19.4. The van der Waals surface area contributed by atoms with Crippen LogP contribution in [0.25, 0.3) is 10.9 Å². The number of nitrogens with zero attached hydrogens (tertiary/aromatic N) is 1. The van der Waals surface area contributed by atoms with Gasteiger partial charge in [0.25, 0.3) is 5.91 Å². The van der Waals surface area contributed by atoms with Gasteiger partial charge in [-0.1, -0.05) is 6.92 Å². The zero-order chi connectivity index (χ0) is 27.8. The van der Waals surface area contributed by atoms with E-state index in [4.69, 9.17) is 5.11 Å². The number of halogens is 5. The standard InChI is InChI=1S/C24H21F5N2O6/c1-10(23(35)36)9-30-21(33)11(2)17-12(3)31(16-8-15(25)20(32)19(26)18(16)17)22(34)13-4-6-14(7-5-13)37-24(27,28)29/h4-8,10-11,32H,9H2,1-3H3,(H,30,33)(H,35,36). The van der Waals surface area contributed by atoms with Gasteiger partial charge in [-0.25, -0.2) is 8.78 Å². The Bertz CT molecular complexity index is 1380. The number of phenolic OH excluding ortho intramolecular Hbond substituents is 1. The van der Waals surface area contributed by atoms with Crippen LogP contribution in [0.3, 0.4) is 0 Å². The van der Waals surface area contributed by atoms with Crippen LogP contribution in [-0.2, 0) is 9.59 Å². The number of rotatable bonds is 7. The van der Waals surface area contributed by atoms with Crippen LogP contribution in [0, 0.1) is 24.5 Å². The number of aromatic nitrogens is 1. The molecule has 2 unspecified atom stereocenters. The fraction of sp³-hybridized carbons (Fsp3) is 0.292. The third-order valence-corrected chi connectivity index (χ3v) is 5.78. The van der Waals surface area contributed by atoms with E-state index in [1.165, 1.54) is 20.8 Å². The smallest absolute Gasteiger partial charge is 0.503 e. The number of carbonyl (C=O) groups is 3. The number of hydrogen-bond acceptors (Lipinski definition) is 5. The quantitative estimate of drug-likeness (QED) is 0.390. The predicted octanol–water partition coefficient (Wildman–Crippen LogP) is 4.46. The third kappa shape index (κ3) is 5.49. The number of fused-ring (bicyclic) bond motifs is 1. The van der Waals surface area contributed by atoms with Gasteiger partial charge in [-0.2, -0.15) is 0 Å². The molecule has 0 radical (unpaired) electrons. The van der Waals surface area contributed by atoms with Crippen molar-refractivity contribution in [3.63, 3.8) is 0 Å². The lowest BCUT2D eigenvalue weighted by molar-refractivity contribution is -0.274. The van der Waals surface area contributed by atoms with Crippen molar-refractivity contribution in [2.75, 3.05) is 6.54 Å². The first-order valence-electron chi connectivity index (χ1n) is 10.8. The van der Waals surface area contributed by atoms with E-state index in [1.54, 1.807) is 0 Å². The van der Waals surface area contributed by atoms with Crippen molar-refractivity contribution < 1.29 is 51.3 Å². The normalized spacial score (nSPS) is 13.3. The lowest BCUT2D eigenvalue weighted by Gasteiger charge is -2.15. The van der Waals surface area contributed by atoms with Crippen molar-refractivity contribution in [2.45, 2.75) is 33.1 Å². The molecule has 0 saturated heterocycles. The van der Waals surface area contributed by atoms with Crippen molar-refractivity contribution in [3.8, 4) is 11.5 Å². The molecule has 3 rings (SSSR count). The van der Waals surface area contributed by atoms with Gasteiger partial charge in [0.1, 0.15) is 5.75 Å². The molecule has 0 fully saturated rings. The molecule has 3 aromatic rings. The average molecular weight is 528 g/mol. The number of phenols is 1. The molecule has 198 valence electrons. The number of benzene rings is 2. The molecule has 0 aliphatic heterocycles. The zero-order valence-corrected chi connectivity index (χ0v) is 19.6. The van der Waals surface area contributed by atoms with Gasteiger partial charge in [-0.05, 0) is 43.7 Å². The molecule has 0 bridgehead atoms. The van der Waals surface area contributed by atoms with E-state index in [0.717, 1.165) is 28.8 Å². The molecule has 0 spiro atoms. The molecular formula is C24H21F5N2O6. The van der Waals surface area contributed by atoms with Gasteiger partial charge < -0.3 is 20.3 Å². The summed E-state index contributed by atoms with van der Waals surface area (Å²) < 4.78 is 71.3. The minimum atomic E-state index is -4.95. The number of ether oxygens (including phenoxy) is 1. The number of carboxylic acid groups (broad SMARTS) is 1. The Balaban J connectivity index is 2.11. The van der Waals surface area contributed by atoms with E-state index in [0.29, 0.717) is 6.07 Å². The fourth-order valence-corrected chi connectivity index (χ4v) is 3.86. The maximum atomic E-state index is 15.1. The van der Waals surface area contributed by atoms with Gasteiger partial charge in [0.2, 0.25) is 5.91 Å². The lowest BCUT2D eigenvalue weighted by Crippen LogP contribution is -2.34. The fourth-order valence-electron chi connectivity index (χ4n) is 3.86. The van der Waals surface area contributed by atoms with Crippen LogP contribution in [0.2, 0.25) is 0 Å². The Morgan fingerprint density at radius 1 is 1.11 bits per heavy atom. The molecule has 1 heterocycles. The summed E-state index contributed by atoms with van der Waals surface area (Å²) in [5, 5.41) is 20.9. The molecule has 8 nitrogen and oxygen atoms in total. The number of amides is 1. The molecular weight excluding hydrogens is 507 g/mol. The third-order valence-electron chi connectivity index (χ3n) is 5.78. The van der Waals surface area contributed by atoms with Crippen molar-refractivity contribution in [1.29, 1.82) is 0 Å². The van der Waals surface area contributed by atoms with E-state index in [1.807, 2.05) is 0 Å². The highest BCUT2D eigenvalue weighted by Gasteiger charge is 2.32. The summed E-state index contributed by atoms with van der Waals surface area (Å²) in [6.07, 6.45) is -4.95. The van der Waals surface area contributed by atoms with Crippen molar-refractivity contribution in [1.82, 2.24) is 9.88 Å². The van der Waals surface area contributed by atoms with Crippen LogP contribution >= 0.6 is 0 Å². The van der Waals surface area contributed by atoms with E-state index < -0.39 is 64.5 Å². The Morgan fingerprint density at radius 2 is 1.70 bits per heavy atom. The number of carboxylic acids is 1. The first-order chi connectivity index (χ1) is 17.1. The molecule has 1 aromatic heterocycles. The second-order valence-electron chi connectivity index (χ2n) is 8.33. The van der Waals surface area contributed by atoms with E-state index >= 15 is 4.39 Å². The van der Waals surface area contributed by atoms with Crippen LogP contribution in [0.15, 0.2) is 30.3 Å².